The number of likely N-dealkylation sites (tertiary alicyclic amines) is 1. The Morgan fingerprint density at radius 1 is 1.08 bits per heavy atom. The molecule has 2 atom stereocenters. The van der Waals surface area contributed by atoms with Gasteiger partial charge in [0, 0.05) is 31.8 Å². The van der Waals surface area contributed by atoms with Gasteiger partial charge in [-0.2, -0.15) is 0 Å². The lowest BCUT2D eigenvalue weighted by Gasteiger charge is -2.30. The third-order valence-corrected chi connectivity index (χ3v) is 6.31. The number of amidine groups is 1. The van der Waals surface area contributed by atoms with Crippen molar-refractivity contribution >= 4 is 29.2 Å². The summed E-state index contributed by atoms with van der Waals surface area (Å²) >= 11 is 0. The molecule has 1 fully saturated rings. The molecule has 0 saturated carbocycles. The fourth-order valence-corrected chi connectivity index (χ4v) is 4.47. The number of halogens is 2. The fraction of sp³-hybridized carbons (Fsp3) is 0.385. The molecule has 10 heteroatoms. The van der Waals surface area contributed by atoms with Gasteiger partial charge >= 0.3 is 0 Å². The normalized spacial score (nSPS) is 18.6. The molecule has 2 aliphatic rings. The molecule has 2 N–H and O–H groups in total. The molecular formula is C26H29F2N5O3. The first kappa shape index (κ1) is 25.3. The van der Waals surface area contributed by atoms with Gasteiger partial charge in [0.05, 0.1) is 12.1 Å². The molecule has 2 heterocycles. The van der Waals surface area contributed by atoms with E-state index >= 15 is 0 Å². The molecule has 0 aromatic heterocycles. The predicted octanol–water partition coefficient (Wildman–Crippen LogP) is 2.36. The van der Waals surface area contributed by atoms with Gasteiger partial charge in [0.1, 0.15) is 23.5 Å². The number of piperidine rings is 1. The van der Waals surface area contributed by atoms with Crippen molar-refractivity contribution in [2.45, 2.75) is 44.8 Å². The van der Waals surface area contributed by atoms with Crippen LogP contribution in [0, 0.1) is 11.6 Å². The summed E-state index contributed by atoms with van der Waals surface area (Å²) in [6.07, 6.45) is 1.68. The zero-order valence-corrected chi connectivity index (χ0v) is 20.3. The molecule has 2 aromatic rings. The Bertz CT molecular complexity index is 1180. The van der Waals surface area contributed by atoms with Crippen molar-refractivity contribution in [1.29, 1.82) is 0 Å². The van der Waals surface area contributed by atoms with Gasteiger partial charge < -0.3 is 20.4 Å². The van der Waals surface area contributed by atoms with Crippen molar-refractivity contribution in [3.05, 3.63) is 65.2 Å². The van der Waals surface area contributed by atoms with Gasteiger partial charge in [-0.15, -0.1) is 0 Å². The zero-order chi connectivity index (χ0) is 25.8. The van der Waals surface area contributed by atoms with Crippen LogP contribution in [0.3, 0.4) is 0 Å². The minimum absolute atomic E-state index is 0.145. The van der Waals surface area contributed by atoms with Crippen molar-refractivity contribution in [2.75, 3.05) is 25.0 Å². The van der Waals surface area contributed by atoms with Crippen LogP contribution in [0.15, 0.2) is 47.5 Å². The Morgan fingerprint density at radius 3 is 2.44 bits per heavy atom. The highest BCUT2D eigenvalue weighted by molar-refractivity contribution is 6.12. The maximum atomic E-state index is 13.4. The second kappa shape index (κ2) is 10.8. The molecule has 8 nitrogen and oxygen atoms in total. The van der Waals surface area contributed by atoms with E-state index in [1.165, 1.54) is 11.8 Å². The Morgan fingerprint density at radius 2 is 1.75 bits per heavy atom. The van der Waals surface area contributed by atoms with Gasteiger partial charge in [0.25, 0.3) is 5.91 Å². The lowest BCUT2D eigenvalue weighted by molar-refractivity contribution is -0.130. The van der Waals surface area contributed by atoms with Crippen molar-refractivity contribution < 1.29 is 23.2 Å². The van der Waals surface area contributed by atoms with Gasteiger partial charge in [0.2, 0.25) is 18.0 Å². The van der Waals surface area contributed by atoms with Crippen LogP contribution in [-0.2, 0) is 20.8 Å². The molecule has 2 aliphatic heterocycles. The number of likely N-dealkylation sites (N-methyl/N-ethyl adjacent to an activating group) is 1. The van der Waals surface area contributed by atoms with Gasteiger partial charge in [0.15, 0.2) is 0 Å². The number of aliphatic imine (C=N–C) groups is 1. The Labute approximate surface area is 208 Å². The summed E-state index contributed by atoms with van der Waals surface area (Å²) in [5.41, 5.74) is 1.66. The average Bonchev–Trinajstić information content (AvgIpc) is 2.94. The number of para-hydroxylation sites is 1. The van der Waals surface area contributed by atoms with Gasteiger partial charge in [-0.3, -0.25) is 14.4 Å². The number of fused-ring (bicyclic) bond motifs is 1. The monoisotopic (exact) mass is 497 g/mol. The Balaban J connectivity index is 1.49. The highest BCUT2D eigenvalue weighted by atomic mass is 19.1. The molecule has 0 aliphatic carbocycles. The van der Waals surface area contributed by atoms with Crippen LogP contribution in [-0.4, -0.2) is 60.8 Å². The first-order valence-electron chi connectivity index (χ1n) is 12.0. The van der Waals surface area contributed by atoms with Crippen molar-refractivity contribution in [2.24, 2.45) is 4.99 Å². The summed E-state index contributed by atoms with van der Waals surface area (Å²) in [6.45, 7) is 3.08. The van der Waals surface area contributed by atoms with E-state index in [2.05, 4.69) is 20.5 Å². The minimum Gasteiger partial charge on any atom is -0.356 e. The molecule has 0 bridgehead atoms. The lowest BCUT2D eigenvalue weighted by atomic mass is 10.1. The first-order valence-corrected chi connectivity index (χ1v) is 12.0. The van der Waals surface area contributed by atoms with Crippen LogP contribution in [0.25, 0.3) is 0 Å². The summed E-state index contributed by atoms with van der Waals surface area (Å²) in [7, 11) is 1.64. The zero-order valence-electron chi connectivity index (χ0n) is 20.3. The van der Waals surface area contributed by atoms with E-state index in [1.54, 1.807) is 7.05 Å². The van der Waals surface area contributed by atoms with Crippen LogP contribution in [0.1, 0.15) is 37.3 Å². The fourth-order valence-electron chi connectivity index (χ4n) is 4.47. The third kappa shape index (κ3) is 5.69. The number of hydrogen-bond acceptors (Lipinski definition) is 5. The molecule has 4 rings (SSSR count). The largest absolute Gasteiger partial charge is 0.356 e. The number of amides is 3. The number of carbonyl (C=O) groups excluding carboxylic acids is 3. The summed E-state index contributed by atoms with van der Waals surface area (Å²) in [4.78, 5) is 46.8. The maximum absolute atomic E-state index is 13.4. The van der Waals surface area contributed by atoms with E-state index in [0.717, 1.165) is 56.1 Å². The van der Waals surface area contributed by atoms with Crippen LogP contribution in [0.4, 0.5) is 14.5 Å². The second-order valence-corrected chi connectivity index (χ2v) is 9.07. The van der Waals surface area contributed by atoms with Crippen molar-refractivity contribution in [3.63, 3.8) is 0 Å². The van der Waals surface area contributed by atoms with E-state index in [-0.39, 0.29) is 12.0 Å². The molecule has 0 radical (unpaired) electrons. The van der Waals surface area contributed by atoms with E-state index in [4.69, 9.17) is 0 Å². The van der Waals surface area contributed by atoms with Crippen LogP contribution < -0.4 is 15.5 Å². The van der Waals surface area contributed by atoms with E-state index < -0.39 is 41.6 Å². The third-order valence-electron chi connectivity index (χ3n) is 6.31. The molecule has 190 valence electrons. The predicted molar refractivity (Wildman–Crippen MR) is 131 cm³/mol. The molecule has 1 saturated heterocycles. The maximum Gasteiger partial charge on any atom is 0.272 e. The number of nitrogens with zero attached hydrogens (tertiary/aromatic N) is 3. The molecule has 2 unspecified atom stereocenters. The lowest BCUT2D eigenvalue weighted by Crippen LogP contribution is -2.52. The molecule has 3 amide bonds. The number of carbonyl (C=O) groups is 3. The Hall–Kier alpha value is -3.82. The second-order valence-electron chi connectivity index (χ2n) is 9.07. The topological polar surface area (TPSA) is 94.1 Å². The molecule has 0 spiro atoms. The van der Waals surface area contributed by atoms with Crippen molar-refractivity contribution in [1.82, 2.24) is 15.5 Å². The molecule has 36 heavy (non-hydrogen) atoms. The number of nitrogens with one attached hydrogen (secondary N) is 2. The summed E-state index contributed by atoms with van der Waals surface area (Å²) < 4.78 is 26.8. The van der Waals surface area contributed by atoms with Crippen LogP contribution in [0.5, 0.6) is 0 Å². The SMILES string of the molecule is CC(NC(=O)Cc1cc(F)cc(F)c1)C(=O)NC1N=C(N2CCCCC2)c2ccccc2N(C)C1=O. The number of benzene rings is 2. The van der Waals surface area contributed by atoms with Gasteiger partial charge in [-0.1, -0.05) is 12.1 Å². The van der Waals surface area contributed by atoms with Crippen LogP contribution >= 0.6 is 0 Å². The Kier molecular flexibility index (Phi) is 7.61. The summed E-state index contributed by atoms with van der Waals surface area (Å²) in [6, 6.07) is 9.31. The summed E-state index contributed by atoms with van der Waals surface area (Å²) in [5.74, 6) is -2.52. The smallest absolute Gasteiger partial charge is 0.272 e. The first-order chi connectivity index (χ1) is 17.2. The number of rotatable bonds is 5. The minimum atomic E-state index is -1.18. The molecular weight excluding hydrogens is 468 g/mol. The quantitative estimate of drug-likeness (QED) is 0.663. The van der Waals surface area contributed by atoms with Crippen LogP contribution in [0.2, 0.25) is 0 Å². The van der Waals surface area contributed by atoms with Gasteiger partial charge in [-0.25, -0.2) is 13.8 Å². The highest BCUT2D eigenvalue weighted by Gasteiger charge is 2.33. The van der Waals surface area contributed by atoms with Gasteiger partial charge in [-0.05, 0) is 56.0 Å². The highest BCUT2D eigenvalue weighted by Crippen LogP contribution is 2.27. The molecule has 2 aromatic carbocycles. The summed E-state index contributed by atoms with van der Waals surface area (Å²) in [5, 5.41) is 5.16. The van der Waals surface area contributed by atoms with Crippen molar-refractivity contribution in [3.8, 4) is 0 Å². The average molecular weight is 498 g/mol. The van der Waals surface area contributed by atoms with E-state index in [9.17, 15) is 23.2 Å². The number of benzodiazepines with no additional fused rings is 1. The number of hydrogen-bond donors (Lipinski definition) is 2. The standard InChI is InChI=1S/C26H29F2N5O3/c1-16(29-22(34)14-17-12-18(27)15-19(28)13-17)25(35)31-23-26(36)32(2)21-9-5-4-8-20(21)24(30-23)33-10-6-3-7-11-33/h4-5,8-9,12-13,15-16,23H,3,6-7,10-11,14H2,1-2H3,(H,29,34)(H,31,35). The van der Waals surface area contributed by atoms with E-state index in [0.29, 0.717) is 11.5 Å². The number of anilines is 1. The van der Waals surface area contributed by atoms with E-state index in [1.807, 2.05) is 24.3 Å².